The van der Waals surface area contributed by atoms with E-state index in [2.05, 4.69) is 10.1 Å². The van der Waals surface area contributed by atoms with Crippen LogP contribution in [0.2, 0.25) is 0 Å². The van der Waals surface area contributed by atoms with E-state index in [1.807, 2.05) is 53.9 Å². The molecule has 2 aliphatic heterocycles. The average molecular weight is 474 g/mol. The van der Waals surface area contributed by atoms with Gasteiger partial charge in [-0.1, -0.05) is 47.6 Å². The molecule has 0 unspecified atom stereocenters. The maximum Gasteiger partial charge on any atom is 0.433 e. The molecule has 34 heavy (non-hydrogen) atoms. The van der Waals surface area contributed by atoms with Gasteiger partial charge in [0.15, 0.2) is 6.23 Å². The molecule has 1 N–H and O–H groups in total. The zero-order chi connectivity index (χ0) is 23.2. The highest BCUT2D eigenvalue weighted by Gasteiger charge is 2.49. The topological polar surface area (TPSA) is 101 Å². The Morgan fingerprint density at radius 3 is 2.65 bits per heavy atom. The van der Waals surface area contributed by atoms with E-state index in [4.69, 9.17) is 9.25 Å². The Kier molecular flexibility index (Phi) is 4.93. The molecule has 0 fully saturated rings. The summed E-state index contributed by atoms with van der Waals surface area (Å²) in [6.45, 7) is 0.268. The second kappa shape index (κ2) is 8.12. The lowest BCUT2D eigenvalue weighted by Crippen LogP contribution is -2.46. The Bertz CT molecular complexity index is 1380. The van der Waals surface area contributed by atoms with Crippen molar-refractivity contribution in [3.05, 3.63) is 116 Å². The molecular formula is C25H19N3O5S. The van der Waals surface area contributed by atoms with Gasteiger partial charge in [-0.25, -0.2) is 4.90 Å². The third kappa shape index (κ3) is 3.37. The number of nitro groups is 1. The molecule has 170 valence electrons. The summed E-state index contributed by atoms with van der Waals surface area (Å²) in [5, 5.41) is 28.1. The van der Waals surface area contributed by atoms with E-state index >= 15 is 0 Å². The smallest absolute Gasteiger partial charge is 0.433 e. The van der Waals surface area contributed by atoms with Gasteiger partial charge in [0.05, 0.1) is 30.3 Å². The first-order valence-electron chi connectivity index (χ1n) is 10.7. The number of oxime groups is 1. The van der Waals surface area contributed by atoms with E-state index in [1.165, 1.54) is 6.07 Å². The summed E-state index contributed by atoms with van der Waals surface area (Å²) in [5.74, 6) is 0.110. The van der Waals surface area contributed by atoms with Gasteiger partial charge in [-0.15, -0.1) is 11.3 Å². The lowest BCUT2D eigenvalue weighted by Gasteiger charge is -2.42. The van der Waals surface area contributed by atoms with E-state index in [0.29, 0.717) is 5.76 Å². The van der Waals surface area contributed by atoms with Crippen molar-refractivity contribution >= 4 is 22.9 Å². The van der Waals surface area contributed by atoms with Crippen LogP contribution in [0, 0.1) is 10.1 Å². The van der Waals surface area contributed by atoms with Gasteiger partial charge in [0, 0.05) is 10.4 Å². The molecule has 2 aromatic heterocycles. The number of aromatic hydroxyl groups is 1. The third-order valence-corrected chi connectivity index (χ3v) is 7.17. The molecule has 8 nitrogen and oxygen atoms in total. The summed E-state index contributed by atoms with van der Waals surface area (Å²) in [6, 6.07) is 22.0. The molecule has 0 bridgehead atoms. The molecule has 0 amide bonds. The van der Waals surface area contributed by atoms with Crippen LogP contribution in [0.3, 0.4) is 0 Å². The van der Waals surface area contributed by atoms with Crippen LogP contribution < -0.4 is 0 Å². The Morgan fingerprint density at radius 2 is 1.91 bits per heavy atom. The van der Waals surface area contributed by atoms with E-state index in [0.717, 1.165) is 27.3 Å². The number of hydrogen-bond acceptors (Lipinski definition) is 8. The molecule has 0 spiro atoms. The molecule has 6 rings (SSSR count). The van der Waals surface area contributed by atoms with E-state index in [-0.39, 0.29) is 30.1 Å². The molecule has 2 aromatic carbocycles. The van der Waals surface area contributed by atoms with Crippen molar-refractivity contribution < 1.29 is 19.3 Å². The number of phenolic OH excluding ortho intramolecular Hbond substituents is 1. The zero-order valence-electron chi connectivity index (χ0n) is 17.8. The van der Waals surface area contributed by atoms with Gasteiger partial charge in [0.25, 0.3) is 0 Å². The predicted molar refractivity (Wildman–Crippen MR) is 126 cm³/mol. The van der Waals surface area contributed by atoms with Crippen LogP contribution in [0.4, 0.5) is 5.88 Å². The predicted octanol–water partition coefficient (Wildman–Crippen LogP) is 5.40. The fraction of sp³-hybridized carbons (Fsp3) is 0.160. The van der Waals surface area contributed by atoms with Crippen LogP contribution in [-0.2, 0) is 11.4 Å². The van der Waals surface area contributed by atoms with Crippen molar-refractivity contribution in [3.8, 4) is 5.75 Å². The van der Waals surface area contributed by atoms with Crippen LogP contribution >= 0.6 is 11.3 Å². The molecule has 2 aliphatic rings. The van der Waals surface area contributed by atoms with Crippen molar-refractivity contribution in [1.29, 1.82) is 0 Å². The fourth-order valence-corrected chi connectivity index (χ4v) is 5.70. The molecule has 0 saturated carbocycles. The average Bonchev–Trinajstić information content (AvgIpc) is 3.60. The standard InChI is InChI=1S/C25H19N3O5S/c29-16-8-10-18-19(13-16)24(20-7-4-12-34-20)27(14-17-9-11-21(32-17)28(30)31)25-22(18)23(26-33-25)15-5-2-1-3-6-15/h1-13,22,24-25,29H,14H2/t22-,24-,25+/m0/s1. The second-order valence-corrected chi connectivity index (χ2v) is 9.20. The van der Waals surface area contributed by atoms with E-state index < -0.39 is 11.2 Å². The fourth-order valence-electron chi connectivity index (χ4n) is 4.84. The minimum atomic E-state index is -0.546. The summed E-state index contributed by atoms with van der Waals surface area (Å²) >= 11 is 1.60. The SMILES string of the molecule is O=[N+]([O-])c1ccc(CN2[C@H](c3cccs3)c3cc(O)ccc3[C@H]3C(c4ccccc4)=NO[C@H]32)o1. The summed E-state index contributed by atoms with van der Waals surface area (Å²) in [5.41, 5.74) is 3.73. The van der Waals surface area contributed by atoms with E-state index in [1.54, 1.807) is 29.5 Å². The Labute approximate surface area is 198 Å². The number of hydrogen-bond donors (Lipinski definition) is 1. The highest BCUT2D eigenvalue weighted by Crippen LogP contribution is 2.49. The van der Waals surface area contributed by atoms with Gasteiger partial charge >= 0.3 is 5.88 Å². The quantitative estimate of drug-likeness (QED) is 0.307. The Hall–Kier alpha value is -3.95. The molecular weight excluding hydrogens is 454 g/mol. The second-order valence-electron chi connectivity index (χ2n) is 8.22. The number of nitrogens with zero attached hydrogens (tertiary/aromatic N) is 3. The number of rotatable bonds is 5. The summed E-state index contributed by atoms with van der Waals surface area (Å²) in [4.78, 5) is 19.8. The van der Waals surface area contributed by atoms with Gasteiger partial charge in [-0.3, -0.25) is 10.1 Å². The first-order chi connectivity index (χ1) is 16.6. The third-order valence-electron chi connectivity index (χ3n) is 6.25. The summed E-state index contributed by atoms with van der Waals surface area (Å²) in [6.07, 6.45) is -0.455. The summed E-state index contributed by atoms with van der Waals surface area (Å²) in [7, 11) is 0. The normalized spacial score (nSPS) is 21.4. The first-order valence-corrected chi connectivity index (χ1v) is 11.6. The lowest BCUT2D eigenvalue weighted by atomic mass is 9.79. The molecule has 0 radical (unpaired) electrons. The van der Waals surface area contributed by atoms with Gasteiger partial charge in [-0.05, 0) is 40.8 Å². The van der Waals surface area contributed by atoms with Crippen LogP contribution in [0.25, 0.3) is 0 Å². The highest BCUT2D eigenvalue weighted by atomic mass is 32.1. The monoisotopic (exact) mass is 473 g/mol. The maximum absolute atomic E-state index is 11.2. The van der Waals surface area contributed by atoms with Crippen LogP contribution in [-0.4, -0.2) is 26.9 Å². The van der Waals surface area contributed by atoms with Crippen LogP contribution in [0.1, 0.15) is 39.3 Å². The molecule has 4 heterocycles. The van der Waals surface area contributed by atoms with Crippen molar-refractivity contribution in [3.63, 3.8) is 0 Å². The van der Waals surface area contributed by atoms with Crippen molar-refractivity contribution in [2.75, 3.05) is 0 Å². The largest absolute Gasteiger partial charge is 0.508 e. The van der Waals surface area contributed by atoms with Crippen LogP contribution in [0.5, 0.6) is 5.75 Å². The molecule has 0 aliphatic carbocycles. The van der Waals surface area contributed by atoms with Crippen molar-refractivity contribution in [2.24, 2.45) is 5.16 Å². The molecule has 9 heteroatoms. The number of benzene rings is 2. The Morgan fingerprint density at radius 1 is 1.06 bits per heavy atom. The Balaban J connectivity index is 1.50. The number of phenols is 1. The molecule has 4 aromatic rings. The minimum absolute atomic E-state index is 0.171. The van der Waals surface area contributed by atoms with Gasteiger partial charge in [0.1, 0.15) is 16.4 Å². The zero-order valence-corrected chi connectivity index (χ0v) is 18.6. The summed E-state index contributed by atoms with van der Waals surface area (Å²) < 4.78 is 5.51. The van der Waals surface area contributed by atoms with Gasteiger partial charge in [-0.2, -0.15) is 0 Å². The highest BCUT2D eigenvalue weighted by molar-refractivity contribution is 7.10. The molecule has 0 saturated heterocycles. The molecule has 3 atom stereocenters. The number of thiophene rings is 1. The lowest BCUT2D eigenvalue weighted by molar-refractivity contribution is -0.402. The van der Waals surface area contributed by atoms with Gasteiger partial charge < -0.3 is 14.4 Å². The van der Waals surface area contributed by atoms with Crippen molar-refractivity contribution in [2.45, 2.75) is 24.7 Å². The van der Waals surface area contributed by atoms with Crippen LogP contribution in [0.15, 0.2) is 87.7 Å². The first kappa shape index (κ1) is 20.6. The van der Waals surface area contributed by atoms with Gasteiger partial charge in [0.2, 0.25) is 0 Å². The number of furan rings is 1. The van der Waals surface area contributed by atoms with Crippen molar-refractivity contribution in [1.82, 2.24) is 4.90 Å². The maximum atomic E-state index is 11.2. The number of fused-ring (bicyclic) bond motifs is 3. The van der Waals surface area contributed by atoms with E-state index in [9.17, 15) is 15.2 Å². The minimum Gasteiger partial charge on any atom is -0.508 e.